The Hall–Kier alpha value is -1.61. The van der Waals surface area contributed by atoms with Crippen molar-refractivity contribution in [3.8, 4) is 0 Å². The van der Waals surface area contributed by atoms with Gasteiger partial charge in [0.05, 0.1) is 18.3 Å². The molecule has 1 aliphatic heterocycles. The molecule has 25 heavy (non-hydrogen) atoms. The highest BCUT2D eigenvalue weighted by Gasteiger charge is 2.53. The highest BCUT2D eigenvalue weighted by Crippen LogP contribution is 2.53. The molecule has 2 bridgehead atoms. The molecule has 1 aromatic rings. The van der Waals surface area contributed by atoms with Crippen molar-refractivity contribution in [2.45, 2.75) is 46.6 Å². The Labute approximate surface area is 151 Å². The third-order valence-electron chi connectivity index (χ3n) is 6.41. The van der Waals surface area contributed by atoms with E-state index in [1.54, 1.807) is 12.1 Å². The molecule has 3 rings (SSSR count). The highest BCUT2D eigenvalue weighted by molar-refractivity contribution is 5.89. The second-order valence-corrected chi connectivity index (χ2v) is 7.83. The highest BCUT2D eigenvalue weighted by atomic mass is 16.5. The molecule has 136 valence electrons. The lowest BCUT2D eigenvalue weighted by atomic mass is 9.56. The van der Waals surface area contributed by atoms with E-state index in [1.807, 2.05) is 18.2 Å². The quantitative estimate of drug-likeness (QED) is 0.565. The van der Waals surface area contributed by atoms with Gasteiger partial charge >= 0.3 is 5.97 Å². The molecule has 3 nitrogen and oxygen atoms in total. The van der Waals surface area contributed by atoms with E-state index in [0.29, 0.717) is 42.6 Å². The van der Waals surface area contributed by atoms with Crippen molar-refractivity contribution >= 4 is 5.97 Å². The summed E-state index contributed by atoms with van der Waals surface area (Å²) < 4.78 is 12.1. The lowest BCUT2D eigenvalue weighted by molar-refractivity contribution is -0.165. The molecule has 0 aromatic heterocycles. The molecule has 0 radical (unpaired) electrons. The van der Waals surface area contributed by atoms with Crippen LogP contribution < -0.4 is 0 Å². The molecule has 0 amide bonds. The number of allylic oxidation sites excluding steroid dienone is 1. The van der Waals surface area contributed by atoms with E-state index >= 15 is 0 Å². The van der Waals surface area contributed by atoms with E-state index in [0.717, 1.165) is 12.8 Å². The molecule has 2 aliphatic rings. The first-order valence-corrected chi connectivity index (χ1v) is 9.51. The average molecular weight is 342 g/mol. The van der Waals surface area contributed by atoms with Gasteiger partial charge in [-0.05, 0) is 37.3 Å². The van der Waals surface area contributed by atoms with Gasteiger partial charge in [-0.3, -0.25) is 0 Å². The van der Waals surface area contributed by atoms with Crippen LogP contribution in [-0.4, -0.2) is 25.3 Å². The molecule has 5 atom stereocenters. The van der Waals surface area contributed by atoms with Gasteiger partial charge in [0.25, 0.3) is 0 Å². The average Bonchev–Trinajstić information content (AvgIpc) is 2.61. The molecule has 0 saturated carbocycles. The van der Waals surface area contributed by atoms with Crippen LogP contribution in [0.5, 0.6) is 0 Å². The van der Waals surface area contributed by atoms with Crippen molar-refractivity contribution in [3.05, 3.63) is 47.5 Å². The smallest absolute Gasteiger partial charge is 0.338 e. The molecule has 1 aromatic carbocycles. The van der Waals surface area contributed by atoms with E-state index < -0.39 is 0 Å². The van der Waals surface area contributed by atoms with Crippen LogP contribution in [0.2, 0.25) is 0 Å². The van der Waals surface area contributed by atoms with Gasteiger partial charge in [0.15, 0.2) is 0 Å². The molecule has 3 heteroatoms. The van der Waals surface area contributed by atoms with Gasteiger partial charge in [0.1, 0.15) is 6.61 Å². The van der Waals surface area contributed by atoms with Crippen LogP contribution in [0, 0.1) is 23.2 Å². The first kappa shape index (κ1) is 18.2. The molecule has 1 aliphatic carbocycles. The maximum atomic E-state index is 12.4. The van der Waals surface area contributed by atoms with Crippen molar-refractivity contribution in [2.75, 3.05) is 13.2 Å². The normalized spacial score (nSPS) is 34.3. The Morgan fingerprint density at radius 1 is 1.28 bits per heavy atom. The van der Waals surface area contributed by atoms with Crippen LogP contribution in [0.15, 0.2) is 42.0 Å². The van der Waals surface area contributed by atoms with Crippen LogP contribution in [-0.2, 0) is 9.47 Å². The number of hydrogen-bond donors (Lipinski definition) is 0. The number of esters is 1. The van der Waals surface area contributed by atoms with E-state index in [9.17, 15) is 4.79 Å². The van der Waals surface area contributed by atoms with Crippen molar-refractivity contribution in [3.63, 3.8) is 0 Å². The van der Waals surface area contributed by atoms with Gasteiger partial charge in [-0.1, -0.05) is 57.0 Å². The van der Waals surface area contributed by atoms with E-state index in [1.165, 1.54) is 5.57 Å². The molecule has 0 unspecified atom stereocenters. The molecule has 0 spiro atoms. The van der Waals surface area contributed by atoms with Gasteiger partial charge in [0.2, 0.25) is 0 Å². The van der Waals surface area contributed by atoms with E-state index in [-0.39, 0.29) is 11.4 Å². The number of hydrogen-bond acceptors (Lipinski definition) is 3. The second-order valence-electron chi connectivity index (χ2n) is 7.83. The van der Waals surface area contributed by atoms with Crippen molar-refractivity contribution in [1.82, 2.24) is 0 Å². The number of rotatable bonds is 5. The standard InChI is InChI=1S/C22H30O3/c1-5-9-19-20-15(2)12-16(3)22(13-24-19,17(20)4)14-25-21(23)18-10-7-6-8-11-18/h6-8,10-12,16-17,19-20H,5,9,13-14H2,1-4H3/t16-,17+,19+,20+,22+/m0/s1. The van der Waals surface area contributed by atoms with Crippen LogP contribution in [0.4, 0.5) is 0 Å². The van der Waals surface area contributed by atoms with Crippen molar-refractivity contribution < 1.29 is 14.3 Å². The second kappa shape index (κ2) is 7.33. The Kier molecular flexibility index (Phi) is 5.33. The summed E-state index contributed by atoms with van der Waals surface area (Å²) in [5, 5.41) is 0. The maximum Gasteiger partial charge on any atom is 0.338 e. The summed E-state index contributed by atoms with van der Waals surface area (Å²) in [6.07, 6.45) is 4.90. The van der Waals surface area contributed by atoms with E-state index in [2.05, 4.69) is 33.8 Å². The third kappa shape index (κ3) is 3.27. The first-order valence-electron chi connectivity index (χ1n) is 9.51. The number of fused-ring (bicyclic) bond motifs is 2. The monoisotopic (exact) mass is 342 g/mol. The molecule has 0 N–H and O–H groups in total. The first-order chi connectivity index (χ1) is 12.0. The summed E-state index contributed by atoms with van der Waals surface area (Å²) in [6, 6.07) is 9.23. The minimum absolute atomic E-state index is 0.126. The van der Waals surface area contributed by atoms with Gasteiger partial charge in [0, 0.05) is 11.3 Å². The van der Waals surface area contributed by atoms with Gasteiger partial charge in [-0.15, -0.1) is 0 Å². The summed E-state index contributed by atoms with van der Waals surface area (Å²) in [4.78, 5) is 12.4. The predicted octanol–water partition coefficient (Wildman–Crippen LogP) is 4.88. The Morgan fingerprint density at radius 3 is 2.68 bits per heavy atom. The molecule has 1 fully saturated rings. The molecular weight excluding hydrogens is 312 g/mol. The summed E-state index contributed by atoms with van der Waals surface area (Å²) >= 11 is 0. The predicted molar refractivity (Wildman–Crippen MR) is 99.4 cm³/mol. The van der Waals surface area contributed by atoms with Crippen LogP contribution >= 0.6 is 0 Å². The van der Waals surface area contributed by atoms with Crippen LogP contribution in [0.25, 0.3) is 0 Å². The van der Waals surface area contributed by atoms with Crippen LogP contribution in [0.3, 0.4) is 0 Å². The Balaban J connectivity index is 1.79. The Bertz CT molecular complexity index is 636. The minimum atomic E-state index is -0.243. The summed E-state index contributed by atoms with van der Waals surface area (Å²) in [6.45, 7) is 10.1. The minimum Gasteiger partial charge on any atom is -0.461 e. The lowest BCUT2D eigenvalue weighted by Crippen LogP contribution is -2.56. The molecule has 1 heterocycles. The van der Waals surface area contributed by atoms with E-state index in [4.69, 9.17) is 9.47 Å². The van der Waals surface area contributed by atoms with Crippen molar-refractivity contribution in [2.24, 2.45) is 23.2 Å². The fourth-order valence-electron chi connectivity index (χ4n) is 4.79. The van der Waals surface area contributed by atoms with Gasteiger partial charge in [-0.2, -0.15) is 0 Å². The van der Waals surface area contributed by atoms with Gasteiger partial charge < -0.3 is 9.47 Å². The zero-order valence-electron chi connectivity index (χ0n) is 15.8. The number of carbonyl (C=O) groups excluding carboxylic acids is 1. The molecular formula is C22H30O3. The zero-order valence-corrected chi connectivity index (χ0v) is 15.8. The number of ether oxygens (including phenoxy) is 2. The number of carbonyl (C=O) groups is 1. The fraction of sp³-hybridized carbons (Fsp3) is 0.591. The van der Waals surface area contributed by atoms with Crippen molar-refractivity contribution in [1.29, 1.82) is 0 Å². The summed E-state index contributed by atoms with van der Waals surface area (Å²) in [7, 11) is 0. The largest absolute Gasteiger partial charge is 0.461 e. The van der Waals surface area contributed by atoms with Gasteiger partial charge in [-0.25, -0.2) is 4.79 Å². The Morgan fingerprint density at radius 2 is 2.00 bits per heavy atom. The van der Waals surface area contributed by atoms with Crippen LogP contribution in [0.1, 0.15) is 50.9 Å². The SMILES string of the molecule is CCC[C@H]1OC[C@]2(COC(=O)c3ccccc3)[C@H](C)[C@H]1C(C)=C[C@@H]2C. The lowest BCUT2D eigenvalue weighted by Gasteiger charge is -2.55. The zero-order chi connectivity index (χ0) is 18.0. The fourth-order valence-corrected chi connectivity index (χ4v) is 4.79. The summed E-state index contributed by atoms with van der Waals surface area (Å²) in [5.41, 5.74) is 1.92. The number of benzene rings is 1. The summed E-state index contributed by atoms with van der Waals surface area (Å²) in [5.74, 6) is 0.972. The third-order valence-corrected chi connectivity index (χ3v) is 6.41. The maximum absolute atomic E-state index is 12.4. The molecule has 1 saturated heterocycles. The topological polar surface area (TPSA) is 35.5 Å².